The van der Waals surface area contributed by atoms with Crippen molar-refractivity contribution in [2.45, 2.75) is 31.5 Å². The molecule has 0 aromatic carbocycles. The van der Waals surface area contributed by atoms with Gasteiger partial charge in [0.2, 0.25) is 5.89 Å². The Kier molecular flexibility index (Phi) is 2.64. The minimum absolute atomic E-state index is 0.0838. The molecule has 0 unspecified atom stereocenters. The molecule has 1 aromatic rings. The van der Waals surface area contributed by atoms with Gasteiger partial charge in [0.15, 0.2) is 5.82 Å². The molecule has 2 heterocycles. The molecule has 2 rings (SSSR count). The van der Waals surface area contributed by atoms with Crippen LogP contribution in [0.4, 0.5) is 13.2 Å². The molecule has 0 saturated carbocycles. The number of nitrogens with one attached hydrogen (secondary N) is 1. The Hall–Kier alpha value is -1.11. The second-order valence-corrected chi connectivity index (χ2v) is 3.49. The van der Waals surface area contributed by atoms with Crippen LogP contribution in [0.3, 0.4) is 0 Å². The van der Waals surface area contributed by atoms with Gasteiger partial charge in [0.05, 0.1) is 6.04 Å². The fourth-order valence-electron chi connectivity index (χ4n) is 1.56. The smallest absolute Gasteiger partial charge is 0.338 e. The summed E-state index contributed by atoms with van der Waals surface area (Å²) in [6, 6.07) is -0.0838. The summed E-state index contributed by atoms with van der Waals surface area (Å²) in [5.74, 6) is -0.0436. The number of halogens is 3. The van der Waals surface area contributed by atoms with E-state index in [2.05, 4.69) is 15.5 Å². The first kappa shape index (κ1) is 10.4. The van der Waals surface area contributed by atoms with Crippen LogP contribution in [0.15, 0.2) is 4.52 Å². The molecule has 15 heavy (non-hydrogen) atoms. The maximum absolute atomic E-state index is 12.0. The highest BCUT2D eigenvalue weighted by atomic mass is 19.4. The standard InChI is InChI=1S/C8H10F3N3O/c9-8(10,11)4-6-13-7(15-14-6)5-2-1-3-12-5/h5,12H,1-4H2/t5-/m0/s1. The van der Waals surface area contributed by atoms with Crippen LogP contribution in [0.5, 0.6) is 0 Å². The molecule has 1 N–H and O–H groups in total. The third-order valence-corrected chi connectivity index (χ3v) is 2.20. The van der Waals surface area contributed by atoms with E-state index >= 15 is 0 Å². The first-order valence-electron chi connectivity index (χ1n) is 4.67. The number of aromatic nitrogens is 2. The molecule has 1 aliphatic heterocycles. The molecule has 1 aliphatic rings. The molecule has 1 fully saturated rings. The van der Waals surface area contributed by atoms with Crippen molar-refractivity contribution < 1.29 is 17.7 Å². The van der Waals surface area contributed by atoms with Crippen LogP contribution in [-0.2, 0) is 6.42 Å². The van der Waals surface area contributed by atoms with Crippen molar-refractivity contribution in [2.75, 3.05) is 6.54 Å². The lowest BCUT2D eigenvalue weighted by molar-refractivity contribution is -0.128. The van der Waals surface area contributed by atoms with Crippen LogP contribution in [0.25, 0.3) is 0 Å². The zero-order valence-corrected chi connectivity index (χ0v) is 7.84. The summed E-state index contributed by atoms with van der Waals surface area (Å²) < 4.78 is 40.7. The van der Waals surface area contributed by atoms with E-state index < -0.39 is 12.6 Å². The van der Waals surface area contributed by atoms with Gasteiger partial charge in [-0.15, -0.1) is 0 Å². The van der Waals surface area contributed by atoms with Gasteiger partial charge >= 0.3 is 6.18 Å². The first-order chi connectivity index (χ1) is 7.04. The van der Waals surface area contributed by atoms with Crippen molar-refractivity contribution >= 4 is 0 Å². The predicted octanol–water partition coefficient (Wildman–Crippen LogP) is 1.60. The van der Waals surface area contributed by atoms with Crippen molar-refractivity contribution in [2.24, 2.45) is 0 Å². The van der Waals surface area contributed by atoms with Crippen molar-refractivity contribution in [1.29, 1.82) is 0 Å². The topological polar surface area (TPSA) is 51.0 Å². The Morgan fingerprint density at radius 2 is 2.27 bits per heavy atom. The number of alkyl halides is 3. The second-order valence-electron chi connectivity index (χ2n) is 3.49. The van der Waals surface area contributed by atoms with E-state index in [9.17, 15) is 13.2 Å². The zero-order valence-electron chi connectivity index (χ0n) is 7.84. The lowest BCUT2D eigenvalue weighted by Crippen LogP contribution is -2.14. The maximum atomic E-state index is 12.0. The molecule has 4 nitrogen and oxygen atoms in total. The highest BCUT2D eigenvalue weighted by Gasteiger charge is 2.31. The van der Waals surface area contributed by atoms with E-state index in [1.807, 2.05) is 0 Å². The van der Waals surface area contributed by atoms with Crippen molar-refractivity contribution in [3.8, 4) is 0 Å². The monoisotopic (exact) mass is 221 g/mol. The number of hydrogen-bond acceptors (Lipinski definition) is 4. The van der Waals surface area contributed by atoms with Gasteiger partial charge in [-0.3, -0.25) is 0 Å². The first-order valence-corrected chi connectivity index (χ1v) is 4.67. The number of rotatable bonds is 2. The summed E-state index contributed by atoms with van der Waals surface area (Å²) >= 11 is 0. The molecular formula is C8H10F3N3O. The van der Waals surface area contributed by atoms with Crippen LogP contribution in [0, 0.1) is 0 Å². The summed E-state index contributed by atoms with van der Waals surface area (Å²) in [6.07, 6.45) is -3.62. The minimum Gasteiger partial charge on any atom is -0.338 e. The molecule has 0 bridgehead atoms. The van der Waals surface area contributed by atoms with Gasteiger partial charge in [-0.05, 0) is 19.4 Å². The highest BCUT2D eigenvalue weighted by molar-refractivity contribution is 4.96. The maximum Gasteiger partial charge on any atom is 0.396 e. The lowest BCUT2D eigenvalue weighted by atomic mass is 10.2. The van der Waals surface area contributed by atoms with E-state index in [1.54, 1.807) is 0 Å². The van der Waals surface area contributed by atoms with Gasteiger partial charge in [0.25, 0.3) is 0 Å². The molecule has 1 atom stereocenters. The molecule has 1 saturated heterocycles. The quantitative estimate of drug-likeness (QED) is 0.824. The van der Waals surface area contributed by atoms with Crippen molar-refractivity contribution in [1.82, 2.24) is 15.5 Å². The molecular weight excluding hydrogens is 211 g/mol. The molecule has 1 aromatic heterocycles. The minimum atomic E-state index is -4.29. The molecule has 0 spiro atoms. The van der Waals surface area contributed by atoms with Crippen LogP contribution in [0.1, 0.15) is 30.6 Å². The number of nitrogens with zero attached hydrogens (tertiary/aromatic N) is 2. The molecule has 7 heteroatoms. The average molecular weight is 221 g/mol. The van der Waals surface area contributed by atoms with Gasteiger partial charge in [0.1, 0.15) is 6.42 Å². The Morgan fingerprint density at radius 3 is 2.87 bits per heavy atom. The van der Waals surface area contributed by atoms with Gasteiger partial charge in [0, 0.05) is 0 Å². The highest BCUT2D eigenvalue weighted by Crippen LogP contribution is 2.23. The summed E-state index contributed by atoms with van der Waals surface area (Å²) in [5, 5.41) is 6.37. The van der Waals surface area contributed by atoms with E-state index in [0.717, 1.165) is 19.4 Å². The van der Waals surface area contributed by atoms with Crippen molar-refractivity contribution in [3.63, 3.8) is 0 Å². The van der Waals surface area contributed by atoms with Crippen LogP contribution >= 0.6 is 0 Å². The summed E-state index contributed by atoms with van der Waals surface area (Å²) in [7, 11) is 0. The average Bonchev–Trinajstić information content (AvgIpc) is 2.68. The summed E-state index contributed by atoms with van der Waals surface area (Å²) in [4.78, 5) is 3.72. The Balaban J connectivity index is 2.03. The second kappa shape index (κ2) is 3.80. The van der Waals surface area contributed by atoms with Gasteiger partial charge in [-0.2, -0.15) is 18.2 Å². The molecule has 0 radical (unpaired) electrons. The molecule has 0 amide bonds. The third-order valence-electron chi connectivity index (χ3n) is 2.20. The Labute approximate surface area is 83.8 Å². The largest absolute Gasteiger partial charge is 0.396 e. The molecule has 84 valence electrons. The van der Waals surface area contributed by atoms with E-state index in [-0.39, 0.29) is 17.8 Å². The fourth-order valence-corrected chi connectivity index (χ4v) is 1.56. The predicted molar refractivity (Wildman–Crippen MR) is 44.0 cm³/mol. The normalized spacial score (nSPS) is 22.2. The zero-order chi connectivity index (χ0) is 10.9. The summed E-state index contributed by atoms with van der Waals surface area (Å²) in [6.45, 7) is 0.835. The van der Waals surface area contributed by atoms with Gasteiger partial charge < -0.3 is 9.84 Å². The number of hydrogen-bond donors (Lipinski definition) is 1. The van der Waals surface area contributed by atoms with Gasteiger partial charge in [-0.1, -0.05) is 5.16 Å². The Bertz CT molecular complexity index is 330. The Morgan fingerprint density at radius 1 is 1.47 bits per heavy atom. The van der Waals surface area contributed by atoms with Crippen molar-refractivity contribution in [3.05, 3.63) is 11.7 Å². The SMILES string of the molecule is FC(F)(F)Cc1noc([C@@H]2CCCN2)n1. The lowest BCUT2D eigenvalue weighted by Gasteiger charge is -2.02. The van der Waals surface area contributed by atoms with Crippen LogP contribution in [0.2, 0.25) is 0 Å². The summed E-state index contributed by atoms with van der Waals surface area (Å²) in [5.41, 5.74) is 0. The van der Waals surface area contributed by atoms with Gasteiger partial charge in [-0.25, -0.2) is 0 Å². The third kappa shape index (κ3) is 2.68. The van der Waals surface area contributed by atoms with E-state index in [4.69, 9.17) is 4.52 Å². The molecule has 0 aliphatic carbocycles. The van der Waals surface area contributed by atoms with E-state index in [0.29, 0.717) is 0 Å². The van der Waals surface area contributed by atoms with Crippen LogP contribution in [-0.4, -0.2) is 22.9 Å². The van der Waals surface area contributed by atoms with E-state index in [1.165, 1.54) is 0 Å². The fraction of sp³-hybridized carbons (Fsp3) is 0.750. The van der Waals surface area contributed by atoms with Crippen LogP contribution < -0.4 is 5.32 Å².